The minimum absolute atomic E-state index is 0.291. The van der Waals surface area contributed by atoms with Crippen molar-refractivity contribution in [3.8, 4) is 5.75 Å². The van der Waals surface area contributed by atoms with Gasteiger partial charge < -0.3 is 9.47 Å². The van der Waals surface area contributed by atoms with Crippen molar-refractivity contribution in [2.75, 3.05) is 7.11 Å². The van der Waals surface area contributed by atoms with E-state index in [9.17, 15) is 4.79 Å². The standard InChI is InChI=1S/C17H12INO3/c1-21-12-8-6-11(7-9-12)10-15-17(20)22-16(19-15)13-4-2-3-5-14(13)18/h2-10H,1H3/b15-10-. The van der Waals surface area contributed by atoms with E-state index < -0.39 is 5.97 Å². The number of halogens is 1. The Morgan fingerprint density at radius 2 is 1.86 bits per heavy atom. The zero-order valence-electron chi connectivity index (χ0n) is 11.7. The van der Waals surface area contributed by atoms with Gasteiger partial charge in [0.1, 0.15) is 5.75 Å². The predicted octanol–water partition coefficient (Wildman–Crippen LogP) is 3.64. The number of benzene rings is 2. The van der Waals surface area contributed by atoms with Crippen LogP contribution in [-0.4, -0.2) is 19.0 Å². The molecule has 110 valence electrons. The summed E-state index contributed by atoms with van der Waals surface area (Å²) in [6.07, 6.45) is 1.70. The van der Waals surface area contributed by atoms with Crippen LogP contribution in [0.25, 0.3) is 6.08 Å². The first-order valence-corrected chi connectivity index (χ1v) is 7.67. The number of nitrogens with zero attached hydrogens (tertiary/aromatic N) is 1. The highest BCUT2D eigenvalue weighted by Gasteiger charge is 2.25. The molecule has 22 heavy (non-hydrogen) atoms. The molecule has 3 rings (SSSR count). The van der Waals surface area contributed by atoms with Gasteiger partial charge in [0.2, 0.25) is 5.90 Å². The summed E-state index contributed by atoms with van der Waals surface area (Å²) in [5, 5.41) is 0. The van der Waals surface area contributed by atoms with E-state index in [2.05, 4.69) is 27.6 Å². The highest BCUT2D eigenvalue weighted by Crippen LogP contribution is 2.22. The van der Waals surface area contributed by atoms with Gasteiger partial charge in [0.15, 0.2) is 5.70 Å². The maximum absolute atomic E-state index is 12.0. The molecule has 0 saturated carbocycles. The lowest BCUT2D eigenvalue weighted by Gasteiger charge is -2.01. The Morgan fingerprint density at radius 3 is 2.55 bits per heavy atom. The van der Waals surface area contributed by atoms with Gasteiger partial charge in [-0.15, -0.1) is 0 Å². The van der Waals surface area contributed by atoms with E-state index in [1.165, 1.54) is 0 Å². The molecular formula is C17H12INO3. The third-order valence-electron chi connectivity index (χ3n) is 3.14. The van der Waals surface area contributed by atoms with Crippen LogP contribution in [0.15, 0.2) is 59.2 Å². The summed E-state index contributed by atoms with van der Waals surface area (Å²) in [6, 6.07) is 15.0. The molecule has 4 nitrogen and oxygen atoms in total. The van der Waals surface area contributed by atoms with Crippen LogP contribution in [0.1, 0.15) is 11.1 Å². The van der Waals surface area contributed by atoms with Crippen molar-refractivity contribution < 1.29 is 14.3 Å². The van der Waals surface area contributed by atoms with Crippen molar-refractivity contribution in [3.63, 3.8) is 0 Å². The molecule has 5 heteroatoms. The van der Waals surface area contributed by atoms with Crippen LogP contribution >= 0.6 is 22.6 Å². The van der Waals surface area contributed by atoms with Crippen LogP contribution in [0.5, 0.6) is 5.75 Å². The van der Waals surface area contributed by atoms with Gasteiger partial charge in [0, 0.05) is 3.57 Å². The van der Waals surface area contributed by atoms with E-state index >= 15 is 0 Å². The van der Waals surface area contributed by atoms with Crippen molar-refractivity contribution in [2.24, 2.45) is 4.99 Å². The number of hydrogen-bond acceptors (Lipinski definition) is 4. The van der Waals surface area contributed by atoms with Gasteiger partial charge in [-0.05, 0) is 58.5 Å². The Bertz CT molecular complexity index is 779. The average molecular weight is 405 g/mol. The van der Waals surface area contributed by atoms with Gasteiger partial charge in [0.05, 0.1) is 12.7 Å². The molecule has 0 atom stereocenters. The lowest BCUT2D eigenvalue weighted by molar-refractivity contribution is -0.129. The number of ether oxygens (including phenoxy) is 2. The van der Waals surface area contributed by atoms with Crippen LogP contribution in [-0.2, 0) is 9.53 Å². The molecule has 1 aliphatic heterocycles. The zero-order valence-corrected chi connectivity index (χ0v) is 13.9. The van der Waals surface area contributed by atoms with Crippen LogP contribution in [0.3, 0.4) is 0 Å². The molecule has 0 aromatic heterocycles. The maximum atomic E-state index is 12.0. The van der Waals surface area contributed by atoms with Gasteiger partial charge in [-0.1, -0.05) is 24.3 Å². The molecular weight excluding hydrogens is 393 g/mol. The van der Waals surface area contributed by atoms with Crippen molar-refractivity contribution in [1.29, 1.82) is 0 Å². The lowest BCUT2D eigenvalue weighted by Crippen LogP contribution is -2.06. The minimum Gasteiger partial charge on any atom is -0.497 e. The molecule has 0 fully saturated rings. The summed E-state index contributed by atoms with van der Waals surface area (Å²) in [5.74, 6) is 0.666. The number of methoxy groups -OCH3 is 1. The third-order valence-corrected chi connectivity index (χ3v) is 4.08. The molecule has 2 aromatic carbocycles. The monoisotopic (exact) mass is 405 g/mol. The van der Waals surface area contributed by atoms with Crippen LogP contribution < -0.4 is 4.74 Å². The van der Waals surface area contributed by atoms with E-state index in [-0.39, 0.29) is 0 Å². The first-order valence-electron chi connectivity index (χ1n) is 6.59. The Labute approximate surface area is 141 Å². The summed E-state index contributed by atoms with van der Waals surface area (Å²) >= 11 is 2.19. The second-order valence-electron chi connectivity index (χ2n) is 4.59. The SMILES string of the molecule is COc1ccc(/C=C2\N=C(c3ccccc3I)OC2=O)cc1. The van der Waals surface area contributed by atoms with Gasteiger partial charge in [0.25, 0.3) is 0 Å². The Kier molecular flexibility index (Phi) is 4.24. The Balaban J connectivity index is 1.92. The second kappa shape index (κ2) is 6.31. The van der Waals surface area contributed by atoms with E-state index in [1.54, 1.807) is 13.2 Å². The van der Waals surface area contributed by atoms with E-state index in [4.69, 9.17) is 9.47 Å². The fourth-order valence-corrected chi connectivity index (χ4v) is 2.64. The first-order chi connectivity index (χ1) is 10.7. The molecule has 2 aromatic rings. The number of cyclic esters (lactones) is 1. The molecule has 0 spiro atoms. The third kappa shape index (κ3) is 3.04. The Morgan fingerprint density at radius 1 is 1.14 bits per heavy atom. The predicted molar refractivity (Wildman–Crippen MR) is 92.8 cm³/mol. The largest absolute Gasteiger partial charge is 0.497 e. The van der Waals surface area contributed by atoms with Crippen molar-refractivity contribution in [2.45, 2.75) is 0 Å². The topological polar surface area (TPSA) is 47.9 Å². The fourth-order valence-electron chi connectivity index (χ4n) is 2.02. The zero-order chi connectivity index (χ0) is 15.5. The highest BCUT2D eigenvalue weighted by molar-refractivity contribution is 14.1. The molecule has 0 unspecified atom stereocenters. The smallest absolute Gasteiger partial charge is 0.363 e. The maximum Gasteiger partial charge on any atom is 0.363 e. The summed E-state index contributed by atoms with van der Waals surface area (Å²) in [4.78, 5) is 16.3. The summed E-state index contributed by atoms with van der Waals surface area (Å²) in [7, 11) is 1.61. The van der Waals surface area contributed by atoms with Crippen LogP contribution in [0, 0.1) is 3.57 Å². The average Bonchev–Trinajstić information content (AvgIpc) is 2.89. The minimum atomic E-state index is -0.439. The van der Waals surface area contributed by atoms with Crippen molar-refractivity contribution >= 4 is 40.5 Å². The summed E-state index contributed by atoms with van der Waals surface area (Å²) in [5.41, 5.74) is 1.97. The Hall–Kier alpha value is -2.15. The number of esters is 1. The number of rotatable bonds is 3. The molecule has 1 heterocycles. The van der Waals surface area contributed by atoms with Gasteiger partial charge >= 0.3 is 5.97 Å². The van der Waals surface area contributed by atoms with Crippen molar-refractivity contribution in [3.05, 3.63) is 68.9 Å². The second-order valence-corrected chi connectivity index (χ2v) is 5.75. The highest BCUT2D eigenvalue weighted by atomic mass is 127. The fraction of sp³-hybridized carbons (Fsp3) is 0.0588. The number of hydrogen-bond donors (Lipinski definition) is 0. The molecule has 1 aliphatic rings. The molecule has 0 radical (unpaired) electrons. The van der Waals surface area contributed by atoms with Crippen LogP contribution in [0.4, 0.5) is 0 Å². The molecule has 0 bridgehead atoms. The van der Waals surface area contributed by atoms with Crippen molar-refractivity contribution in [1.82, 2.24) is 0 Å². The summed E-state index contributed by atoms with van der Waals surface area (Å²) in [6.45, 7) is 0. The molecule has 0 amide bonds. The van der Waals surface area contributed by atoms with Gasteiger partial charge in [-0.2, -0.15) is 0 Å². The molecule has 0 saturated heterocycles. The number of carbonyl (C=O) groups is 1. The quantitative estimate of drug-likeness (QED) is 0.445. The van der Waals surface area contributed by atoms with Gasteiger partial charge in [-0.25, -0.2) is 9.79 Å². The number of aliphatic imine (C=N–C) groups is 1. The van der Waals surface area contributed by atoms with E-state index in [0.29, 0.717) is 11.6 Å². The van der Waals surface area contributed by atoms with E-state index in [0.717, 1.165) is 20.4 Å². The van der Waals surface area contributed by atoms with Gasteiger partial charge in [-0.3, -0.25) is 0 Å². The van der Waals surface area contributed by atoms with E-state index in [1.807, 2.05) is 48.5 Å². The lowest BCUT2D eigenvalue weighted by atomic mass is 10.2. The number of carbonyl (C=O) groups excluding carboxylic acids is 1. The molecule has 0 aliphatic carbocycles. The molecule has 0 N–H and O–H groups in total. The first kappa shape index (κ1) is 14.8. The van der Waals surface area contributed by atoms with Crippen LogP contribution in [0.2, 0.25) is 0 Å². The summed E-state index contributed by atoms with van der Waals surface area (Å²) < 4.78 is 11.4. The normalized spacial score (nSPS) is 15.6.